The summed E-state index contributed by atoms with van der Waals surface area (Å²) in [5.74, 6) is -3.19. The molecule has 1 amide bonds. The summed E-state index contributed by atoms with van der Waals surface area (Å²) in [6.07, 6.45) is 1.43. The van der Waals surface area contributed by atoms with E-state index in [-0.39, 0.29) is 11.8 Å². The van der Waals surface area contributed by atoms with Crippen molar-refractivity contribution in [2.75, 3.05) is 29.9 Å². The zero-order chi connectivity index (χ0) is 20.1. The molecular formula is C18H22F2N6OS. The van der Waals surface area contributed by atoms with Gasteiger partial charge >= 0.3 is 0 Å². The van der Waals surface area contributed by atoms with Crippen LogP contribution >= 0.6 is 11.5 Å². The molecule has 1 saturated carbocycles. The molecule has 10 heteroatoms. The number of anilines is 3. The van der Waals surface area contributed by atoms with Crippen LogP contribution in [0.5, 0.6) is 0 Å². The molecule has 2 aliphatic rings. The number of carbonyl (C=O) groups excluding carboxylic acids is 1. The van der Waals surface area contributed by atoms with E-state index in [1.807, 2.05) is 26.8 Å². The molecule has 0 aromatic carbocycles. The summed E-state index contributed by atoms with van der Waals surface area (Å²) in [6, 6.07) is 1.93. The second-order valence-electron chi connectivity index (χ2n) is 8.06. The van der Waals surface area contributed by atoms with Gasteiger partial charge in [-0.2, -0.15) is 9.36 Å². The van der Waals surface area contributed by atoms with E-state index >= 15 is 0 Å². The van der Waals surface area contributed by atoms with Gasteiger partial charge in [-0.15, -0.1) is 0 Å². The van der Waals surface area contributed by atoms with Crippen LogP contribution in [0, 0.1) is 25.2 Å². The van der Waals surface area contributed by atoms with Gasteiger partial charge < -0.3 is 15.5 Å². The molecule has 150 valence electrons. The first kappa shape index (κ1) is 19.0. The molecular weight excluding hydrogens is 386 g/mol. The van der Waals surface area contributed by atoms with Crippen LogP contribution in [-0.2, 0) is 4.79 Å². The Morgan fingerprint density at radius 3 is 2.71 bits per heavy atom. The van der Waals surface area contributed by atoms with Crippen molar-refractivity contribution in [3.63, 3.8) is 0 Å². The summed E-state index contributed by atoms with van der Waals surface area (Å²) in [6.45, 7) is 7.65. The number of carbonyl (C=O) groups is 1. The van der Waals surface area contributed by atoms with Gasteiger partial charge in [0.05, 0.1) is 5.69 Å². The van der Waals surface area contributed by atoms with E-state index < -0.39 is 17.7 Å². The zero-order valence-electron chi connectivity index (χ0n) is 15.9. The Bertz CT molecular complexity index is 911. The van der Waals surface area contributed by atoms with Gasteiger partial charge in [-0.3, -0.25) is 4.79 Å². The molecule has 0 bridgehead atoms. The highest BCUT2D eigenvalue weighted by atomic mass is 32.1. The number of nitrogens with one attached hydrogen (secondary N) is 2. The number of rotatable bonds is 6. The Kier molecular flexibility index (Phi) is 4.48. The van der Waals surface area contributed by atoms with Crippen molar-refractivity contribution in [3.05, 3.63) is 23.5 Å². The van der Waals surface area contributed by atoms with E-state index in [1.165, 1.54) is 11.5 Å². The van der Waals surface area contributed by atoms with E-state index in [0.717, 1.165) is 22.1 Å². The first-order chi connectivity index (χ1) is 13.2. The second-order valence-corrected chi connectivity index (χ2v) is 8.87. The molecule has 2 aromatic heterocycles. The zero-order valence-corrected chi connectivity index (χ0v) is 16.7. The molecule has 1 aliphatic heterocycles. The quantitative estimate of drug-likeness (QED) is 0.765. The van der Waals surface area contributed by atoms with Gasteiger partial charge in [-0.1, -0.05) is 6.92 Å². The summed E-state index contributed by atoms with van der Waals surface area (Å²) in [5, 5.41) is 6.72. The predicted octanol–water partition coefficient (Wildman–Crippen LogP) is 2.89. The molecule has 7 nitrogen and oxygen atoms in total. The van der Waals surface area contributed by atoms with E-state index in [4.69, 9.17) is 0 Å². The van der Waals surface area contributed by atoms with E-state index in [9.17, 15) is 13.6 Å². The topological polar surface area (TPSA) is 83.0 Å². The predicted molar refractivity (Wildman–Crippen MR) is 103 cm³/mol. The smallest absolute Gasteiger partial charge is 0.260 e. The molecule has 28 heavy (non-hydrogen) atoms. The van der Waals surface area contributed by atoms with Gasteiger partial charge in [0.2, 0.25) is 11.9 Å². The number of alkyl halides is 2. The lowest BCUT2D eigenvalue weighted by Gasteiger charge is -2.49. The Morgan fingerprint density at radius 1 is 1.39 bits per heavy atom. The maximum absolute atomic E-state index is 13.0. The third-order valence-electron chi connectivity index (χ3n) is 5.08. The van der Waals surface area contributed by atoms with Gasteiger partial charge in [0.1, 0.15) is 16.7 Å². The molecule has 2 N–H and O–H groups in total. The lowest BCUT2D eigenvalue weighted by atomic mass is 9.81. The fourth-order valence-corrected chi connectivity index (χ4v) is 4.06. The van der Waals surface area contributed by atoms with Crippen LogP contribution < -0.4 is 15.5 Å². The Balaban J connectivity index is 1.35. The normalized spacial score (nSPS) is 21.8. The maximum atomic E-state index is 13.0. The third kappa shape index (κ3) is 3.78. The molecule has 0 unspecified atom stereocenters. The fourth-order valence-electron chi connectivity index (χ4n) is 3.40. The van der Waals surface area contributed by atoms with Crippen molar-refractivity contribution in [3.8, 4) is 0 Å². The van der Waals surface area contributed by atoms with Crippen LogP contribution in [0.4, 0.5) is 25.5 Å². The van der Waals surface area contributed by atoms with Crippen molar-refractivity contribution in [2.24, 2.45) is 11.3 Å². The van der Waals surface area contributed by atoms with E-state index in [1.54, 1.807) is 6.20 Å². The number of aromatic nitrogens is 3. The van der Waals surface area contributed by atoms with Gasteiger partial charge in [-0.05, 0) is 31.4 Å². The van der Waals surface area contributed by atoms with Crippen LogP contribution in [-0.4, -0.2) is 45.8 Å². The highest BCUT2D eigenvalue weighted by molar-refractivity contribution is 7.10. The van der Waals surface area contributed by atoms with Crippen molar-refractivity contribution in [1.29, 1.82) is 0 Å². The highest BCUT2D eigenvalue weighted by Crippen LogP contribution is 2.48. The number of nitrogens with zero attached hydrogens (tertiary/aromatic N) is 4. The summed E-state index contributed by atoms with van der Waals surface area (Å²) >= 11 is 1.35. The van der Waals surface area contributed by atoms with Crippen LogP contribution in [0.15, 0.2) is 12.3 Å². The van der Waals surface area contributed by atoms with Crippen molar-refractivity contribution < 1.29 is 13.6 Å². The molecule has 1 atom stereocenters. The Hall–Kier alpha value is -2.36. The highest BCUT2D eigenvalue weighted by Gasteiger charge is 2.61. The average Bonchev–Trinajstić information content (AvgIpc) is 3.05. The summed E-state index contributed by atoms with van der Waals surface area (Å²) in [5.41, 5.74) is 1.72. The van der Waals surface area contributed by atoms with Crippen molar-refractivity contribution in [2.45, 2.75) is 33.1 Å². The van der Waals surface area contributed by atoms with Gasteiger partial charge in [0.15, 0.2) is 0 Å². The number of hydrogen-bond acceptors (Lipinski definition) is 7. The molecule has 2 fully saturated rings. The molecule has 0 spiro atoms. The van der Waals surface area contributed by atoms with Crippen LogP contribution in [0.2, 0.25) is 0 Å². The minimum absolute atomic E-state index is 0.167. The standard InChI is InChI=1S/C18H22F2N6OS/c1-10-6-21-16(23-13-4-11(2)25-28-13)24-14(10)26-8-17(3,9-26)7-22-15(27)12-5-18(12,19)20/h4,6,12H,5,7-9H2,1-3H3,(H,22,27)(H,21,23,24)/t12-/m0/s1. The van der Waals surface area contributed by atoms with Crippen LogP contribution in [0.25, 0.3) is 0 Å². The van der Waals surface area contributed by atoms with Gasteiger partial charge in [-0.25, -0.2) is 13.8 Å². The minimum Gasteiger partial charge on any atom is -0.355 e. The lowest BCUT2D eigenvalue weighted by molar-refractivity contribution is -0.125. The summed E-state index contributed by atoms with van der Waals surface area (Å²) < 4.78 is 30.2. The SMILES string of the molecule is Cc1cc(Nc2ncc(C)c(N3CC(C)(CNC(=O)[C@@H]4CC4(F)F)C3)n2)sn1. The lowest BCUT2D eigenvalue weighted by Crippen LogP contribution is -2.60. The molecule has 2 aromatic rings. The molecule has 1 saturated heterocycles. The number of amides is 1. The average molecular weight is 408 g/mol. The van der Waals surface area contributed by atoms with E-state index in [0.29, 0.717) is 25.6 Å². The largest absolute Gasteiger partial charge is 0.355 e. The monoisotopic (exact) mass is 408 g/mol. The molecule has 0 radical (unpaired) electrons. The van der Waals surface area contributed by atoms with Crippen LogP contribution in [0.1, 0.15) is 24.6 Å². The Labute approximate surface area is 165 Å². The van der Waals surface area contributed by atoms with Gasteiger partial charge in [0.25, 0.3) is 5.92 Å². The summed E-state index contributed by atoms with van der Waals surface area (Å²) in [4.78, 5) is 22.8. The third-order valence-corrected chi connectivity index (χ3v) is 5.88. The van der Waals surface area contributed by atoms with Gasteiger partial charge in [0, 0.05) is 43.2 Å². The number of aryl methyl sites for hydroxylation is 2. The minimum atomic E-state index is -2.82. The van der Waals surface area contributed by atoms with Crippen molar-refractivity contribution >= 4 is 34.2 Å². The maximum Gasteiger partial charge on any atom is 0.260 e. The van der Waals surface area contributed by atoms with Crippen molar-refractivity contribution in [1.82, 2.24) is 19.7 Å². The fraction of sp³-hybridized carbons (Fsp3) is 0.556. The van der Waals surface area contributed by atoms with Crippen LogP contribution in [0.3, 0.4) is 0 Å². The number of hydrogen-bond donors (Lipinski definition) is 2. The first-order valence-corrected chi connectivity index (χ1v) is 9.87. The number of halogens is 2. The Morgan fingerprint density at radius 2 is 2.11 bits per heavy atom. The summed E-state index contributed by atoms with van der Waals surface area (Å²) in [7, 11) is 0. The molecule has 1 aliphatic carbocycles. The molecule has 3 heterocycles. The molecule has 4 rings (SSSR count). The second kappa shape index (κ2) is 6.61. The van der Waals surface area contributed by atoms with E-state index in [2.05, 4.69) is 29.9 Å². The first-order valence-electron chi connectivity index (χ1n) is 9.10.